The summed E-state index contributed by atoms with van der Waals surface area (Å²) in [6.07, 6.45) is 6.54. The normalized spacial score (nSPS) is 40.1. The van der Waals surface area contributed by atoms with Crippen LogP contribution in [-0.2, 0) is 0 Å². The Morgan fingerprint density at radius 3 is 2.47 bits per heavy atom. The molecule has 0 aromatic rings. The van der Waals surface area contributed by atoms with E-state index in [0.717, 1.165) is 5.92 Å². The fourth-order valence-electron chi connectivity index (χ4n) is 4.07. The summed E-state index contributed by atoms with van der Waals surface area (Å²) in [5, 5.41) is 0. The van der Waals surface area contributed by atoms with Crippen LogP contribution in [0.25, 0.3) is 0 Å². The van der Waals surface area contributed by atoms with Gasteiger partial charge in [-0.05, 0) is 48.0 Å². The Bertz CT molecular complexity index is 308. The molecule has 84 valence electrons. The lowest BCUT2D eigenvalue weighted by molar-refractivity contribution is 0.0135. The minimum atomic E-state index is 0.344. The highest BCUT2D eigenvalue weighted by Gasteiger charge is 2.49. The van der Waals surface area contributed by atoms with E-state index in [1.807, 2.05) is 0 Å². The molecule has 2 unspecified atom stereocenters. The van der Waals surface area contributed by atoms with Crippen molar-refractivity contribution in [3.8, 4) is 0 Å². The zero-order chi connectivity index (χ0) is 11.3. The number of rotatable bonds is 0. The summed E-state index contributed by atoms with van der Waals surface area (Å²) < 4.78 is 0. The van der Waals surface area contributed by atoms with Gasteiger partial charge >= 0.3 is 0 Å². The first kappa shape index (κ1) is 11.0. The first-order valence-electron chi connectivity index (χ1n) is 6.25. The molecule has 0 heterocycles. The average molecular weight is 204 g/mol. The predicted octanol–water partition coefficient (Wildman–Crippen LogP) is 4.73. The third-order valence-electron chi connectivity index (χ3n) is 5.08. The second-order valence-electron chi connectivity index (χ2n) is 6.43. The average Bonchev–Trinajstić information content (AvgIpc) is 2.12. The molecule has 2 aliphatic carbocycles. The van der Waals surface area contributed by atoms with Gasteiger partial charge < -0.3 is 0 Å². The highest BCUT2D eigenvalue weighted by atomic mass is 14.5. The van der Waals surface area contributed by atoms with Crippen molar-refractivity contribution in [2.24, 2.45) is 16.7 Å². The SMILES string of the molecule is C=C1CCC2C(C)(C)CCCC2(C)C1=C. The summed E-state index contributed by atoms with van der Waals surface area (Å²) in [4.78, 5) is 0. The van der Waals surface area contributed by atoms with Crippen LogP contribution in [0.2, 0.25) is 0 Å². The van der Waals surface area contributed by atoms with Crippen LogP contribution >= 0.6 is 0 Å². The topological polar surface area (TPSA) is 0 Å². The lowest BCUT2D eigenvalue weighted by Crippen LogP contribution is -2.45. The van der Waals surface area contributed by atoms with Crippen molar-refractivity contribution in [2.45, 2.75) is 52.9 Å². The molecule has 2 rings (SSSR count). The van der Waals surface area contributed by atoms with Gasteiger partial charge in [0.15, 0.2) is 0 Å². The Hall–Kier alpha value is -0.520. The van der Waals surface area contributed by atoms with Crippen molar-refractivity contribution >= 4 is 0 Å². The summed E-state index contributed by atoms with van der Waals surface area (Å²) in [5.41, 5.74) is 3.51. The van der Waals surface area contributed by atoms with E-state index in [1.165, 1.54) is 43.3 Å². The number of allylic oxidation sites excluding steroid dienone is 2. The van der Waals surface area contributed by atoms with Crippen molar-refractivity contribution in [1.82, 2.24) is 0 Å². The quantitative estimate of drug-likeness (QED) is 0.535. The van der Waals surface area contributed by atoms with E-state index in [0.29, 0.717) is 10.8 Å². The fourth-order valence-corrected chi connectivity index (χ4v) is 4.07. The molecule has 0 aromatic heterocycles. The van der Waals surface area contributed by atoms with Gasteiger partial charge in [0, 0.05) is 0 Å². The van der Waals surface area contributed by atoms with E-state index in [-0.39, 0.29) is 0 Å². The predicted molar refractivity (Wildman–Crippen MR) is 66.7 cm³/mol. The van der Waals surface area contributed by atoms with Crippen molar-refractivity contribution in [2.75, 3.05) is 0 Å². The maximum Gasteiger partial charge on any atom is -0.00452 e. The molecule has 0 amide bonds. The number of hydrogen-bond donors (Lipinski definition) is 0. The maximum atomic E-state index is 4.32. The zero-order valence-electron chi connectivity index (χ0n) is 10.5. The molecule has 0 spiro atoms. The van der Waals surface area contributed by atoms with Crippen LogP contribution in [0.4, 0.5) is 0 Å². The Morgan fingerprint density at radius 1 is 1.13 bits per heavy atom. The Kier molecular flexibility index (Phi) is 2.37. The summed E-state index contributed by atoms with van der Waals surface area (Å²) in [6, 6.07) is 0. The smallest absolute Gasteiger partial charge is 0.00452 e. The minimum absolute atomic E-state index is 0.344. The third kappa shape index (κ3) is 1.49. The van der Waals surface area contributed by atoms with Crippen molar-refractivity contribution in [1.29, 1.82) is 0 Å². The highest BCUT2D eigenvalue weighted by Crippen LogP contribution is 2.60. The molecule has 0 nitrogen and oxygen atoms in total. The first-order chi connectivity index (χ1) is 6.88. The first-order valence-corrected chi connectivity index (χ1v) is 6.25. The van der Waals surface area contributed by atoms with Crippen molar-refractivity contribution in [3.05, 3.63) is 24.3 Å². The Morgan fingerprint density at radius 2 is 1.80 bits per heavy atom. The van der Waals surface area contributed by atoms with Crippen LogP contribution in [0.1, 0.15) is 52.9 Å². The standard InChI is InChI=1S/C15H24/c1-11-7-8-13-14(3,4)9-6-10-15(13,5)12(11)2/h13H,1-2,6-10H2,3-5H3. The molecule has 0 bridgehead atoms. The van der Waals surface area contributed by atoms with Crippen LogP contribution < -0.4 is 0 Å². The Labute approximate surface area is 94.5 Å². The van der Waals surface area contributed by atoms with Gasteiger partial charge in [0.2, 0.25) is 0 Å². The number of hydrogen-bond acceptors (Lipinski definition) is 0. The van der Waals surface area contributed by atoms with Crippen LogP contribution in [0.3, 0.4) is 0 Å². The molecule has 15 heavy (non-hydrogen) atoms. The van der Waals surface area contributed by atoms with Crippen molar-refractivity contribution < 1.29 is 0 Å². The summed E-state index contributed by atoms with van der Waals surface area (Å²) in [5.74, 6) is 0.816. The summed E-state index contributed by atoms with van der Waals surface area (Å²) >= 11 is 0. The van der Waals surface area contributed by atoms with Crippen LogP contribution in [0.5, 0.6) is 0 Å². The molecular weight excluding hydrogens is 180 g/mol. The lowest BCUT2D eigenvalue weighted by Gasteiger charge is -2.55. The van der Waals surface area contributed by atoms with Gasteiger partial charge in [-0.2, -0.15) is 0 Å². The largest absolute Gasteiger partial charge is 0.0956 e. The van der Waals surface area contributed by atoms with E-state index in [4.69, 9.17) is 0 Å². The summed E-state index contributed by atoms with van der Waals surface area (Å²) in [6.45, 7) is 15.8. The molecule has 0 saturated heterocycles. The second kappa shape index (κ2) is 3.23. The molecule has 2 atom stereocenters. The van der Waals surface area contributed by atoms with Crippen LogP contribution in [0, 0.1) is 16.7 Å². The minimum Gasteiger partial charge on any atom is -0.0956 e. The van der Waals surface area contributed by atoms with Gasteiger partial charge in [-0.1, -0.05) is 45.9 Å². The summed E-state index contributed by atoms with van der Waals surface area (Å²) in [7, 11) is 0. The third-order valence-corrected chi connectivity index (χ3v) is 5.08. The van der Waals surface area contributed by atoms with Crippen LogP contribution in [0.15, 0.2) is 24.3 Å². The van der Waals surface area contributed by atoms with Crippen molar-refractivity contribution in [3.63, 3.8) is 0 Å². The maximum absolute atomic E-state index is 4.32. The second-order valence-corrected chi connectivity index (χ2v) is 6.43. The fraction of sp³-hybridized carbons (Fsp3) is 0.733. The molecule has 0 radical (unpaired) electrons. The zero-order valence-corrected chi connectivity index (χ0v) is 10.5. The monoisotopic (exact) mass is 204 g/mol. The van der Waals surface area contributed by atoms with E-state index in [1.54, 1.807) is 0 Å². The van der Waals surface area contributed by atoms with Gasteiger partial charge in [-0.25, -0.2) is 0 Å². The number of fused-ring (bicyclic) bond motifs is 1. The van der Waals surface area contributed by atoms with Gasteiger partial charge in [-0.15, -0.1) is 0 Å². The Balaban J connectivity index is 2.38. The van der Waals surface area contributed by atoms with Gasteiger partial charge in [0.25, 0.3) is 0 Å². The van der Waals surface area contributed by atoms with E-state index in [2.05, 4.69) is 33.9 Å². The van der Waals surface area contributed by atoms with E-state index in [9.17, 15) is 0 Å². The molecule has 0 heteroatoms. The molecular formula is C15H24. The molecule has 2 fully saturated rings. The molecule has 0 N–H and O–H groups in total. The van der Waals surface area contributed by atoms with Gasteiger partial charge in [0.05, 0.1) is 0 Å². The van der Waals surface area contributed by atoms with E-state index < -0.39 is 0 Å². The highest BCUT2D eigenvalue weighted by molar-refractivity contribution is 5.36. The van der Waals surface area contributed by atoms with Gasteiger partial charge in [-0.3, -0.25) is 0 Å². The molecule has 0 aromatic carbocycles. The van der Waals surface area contributed by atoms with E-state index >= 15 is 0 Å². The lowest BCUT2D eigenvalue weighted by atomic mass is 9.50. The van der Waals surface area contributed by atoms with Crippen LogP contribution in [-0.4, -0.2) is 0 Å². The van der Waals surface area contributed by atoms with Gasteiger partial charge in [0.1, 0.15) is 0 Å². The molecule has 0 aliphatic heterocycles. The molecule has 2 aliphatic rings. The molecule has 2 saturated carbocycles.